The van der Waals surface area contributed by atoms with Crippen molar-refractivity contribution < 1.29 is 21.6 Å². The molecule has 0 bridgehead atoms. The van der Waals surface area contributed by atoms with E-state index in [2.05, 4.69) is 4.72 Å². The van der Waals surface area contributed by atoms with Gasteiger partial charge in [-0.3, -0.25) is 0 Å². The lowest BCUT2D eigenvalue weighted by Gasteiger charge is -2.11. The van der Waals surface area contributed by atoms with Crippen molar-refractivity contribution >= 4 is 29.8 Å². The number of halogens is 1. The number of fused-ring (bicyclic) bond motifs is 1. The molecular weight excluding hydrogens is 314 g/mol. The molecule has 1 heterocycles. The van der Waals surface area contributed by atoms with Crippen molar-refractivity contribution in [3.63, 3.8) is 0 Å². The number of benzene rings is 1. The lowest BCUT2D eigenvalue weighted by Crippen LogP contribution is -2.30. The largest absolute Gasteiger partial charge is 0.491 e. The van der Waals surface area contributed by atoms with E-state index in [0.29, 0.717) is 11.3 Å². The van der Waals surface area contributed by atoms with E-state index in [0.717, 1.165) is 0 Å². The highest BCUT2D eigenvalue weighted by Crippen LogP contribution is 2.35. The summed E-state index contributed by atoms with van der Waals surface area (Å²) in [6, 6.07) is 3.51. The fraction of sp³-hybridized carbons (Fsp3) is 0.400. The molecule has 0 aliphatic carbocycles. The van der Waals surface area contributed by atoms with Gasteiger partial charge in [-0.2, -0.15) is 0 Å². The highest BCUT2D eigenvalue weighted by atomic mass is 35.7. The van der Waals surface area contributed by atoms with E-state index in [4.69, 9.17) is 15.4 Å². The zero-order chi connectivity index (χ0) is 14.3. The Labute approximate surface area is 116 Å². The summed E-state index contributed by atoms with van der Waals surface area (Å²) in [5, 5.41) is 0. The molecule has 2 rings (SSSR count). The lowest BCUT2D eigenvalue weighted by molar-refractivity contribution is 0.325. The molecule has 0 amide bonds. The molecule has 1 N–H and O–H groups in total. The van der Waals surface area contributed by atoms with Crippen LogP contribution in [-0.2, 0) is 19.1 Å². The SMILES string of the molecule is CCS(=O)(=O)NC1COc2ccc(S(=O)(=O)Cl)cc21. The Morgan fingerprint density at radius 3 is 2.63 bits per heavy atom. The standard InChI is InChI=1S/C10H12ClNO5S2/c1-2-18(13,14)12-9-6-17-10-4-3-7(5-8(9)10)19(11,15)16/h3-5,9,12H,2,6H2,1H3. The molecule has 9 heteroatoms. The molecule has 1 atom stereocenters. The maximum Gasteiger partial charge on any atom is 0.261 e. The second-order valence-corrected chi connectivity index (χ2v) is 8.63. The summed E-state index contributed by atoms with van der Waals surface area (Å²) in [7, 11) is -2.00. The average Bonchev–Trinajstić information content (AvgIpc) is 2.70. The molecule has 0 saturated heterocycles. The average molecular weight is 326 g/mol. The first-order chi connectivity index (χ1) is 8.73. The predicted molar refractivity (Wildman–Crippen MR) is 70.3 cm³/mol. The molecule has 1 aliphatic heterocycles. The van der Waals surface area contributed by atoms with Crippen LogP contribution in [0.5, 0.6) is 5.75 Å². The molecule has 19 heavy (non-hydrogen) atoms. The smallest absolute Gasteiger partial charge is 0.261 e. The monoisotopic (exact) mass is 325 g/mol. The Morgan fingerprint density at radius 1 is 1.37 bits per heavy atom. The third kappa shape index (κ3) is 3.19. The van der Waals surface area contributed by atoms with Crippen LogP contribution < -0.4 is 9.46 Å². The van der Waals surface area contributed by atoms with Gasteiger partial charge in [0, 0.05) is 16.2 Å². The quantitative estimate of drug-likeness (QED) is 0.834. The van der Waals surface area contributed by atoms with Crippen molar-refractivity contribution in [2.45, 2.75) is 17.9 Å². The Morgan fingerprint density at radius 2 is 2.05 bits per heavy atom. The van der Waals surface area contributed by atoms with Gasteiger partial charge in [-0.05, 0) is 25.1 Å². The maximum atomic E-state index is 11.5. The van der Waals surface area contributed by atoms with E-state index in [1.165, 1.54) is 25.1 Å². The molecule has 1 unspecified atom stereocenters. The van der Waals surface area contributed by atoms with E-state index >= 15 is 0 Å². The molecule has 106 valence electrons. The molecular formula is C10H12ClNO5S2. The molecule has 0 fully saturated rings. The van der Waals surface area contributed by atoms with Gasteiger partial charge in [0.05, 0.1) is 16.7 Å². The minimum absolute atomic E-state index is 0.0632. The van der Waals surface area contributed by atoms with E-state index in [1.807, 2.05) is 0 Å². The number of rotatable bonds is 4. The van der Waals surface area contributed by atoms with Gasteiger partial charge in [-0.15, -0.1) is 0 Å². The second kappa shape index (κ2) is 4.93. The number of sulfonamides is 1. The lowest BCUT2D eigenvalue weighted by atomic mass is 10.1. The van der Waals surface area contributed by atoms with Crippen molar-refractivity contribution in [1.29, 1.82) is 0 Å². The van der Waals surface area contributed by atoms with E-state index in [9.17, 15) is 16.8 Å². The summed E-state index contributed by atoms with van der Waals surface area (Å²) in [6.07, 6.45) is 0. The third-order valence-corrected chi connectivity index (χ3v) is 5.50. The molecule has 1 aliphatic rings. The molecule has 1 aromatic carbocycles. The van der Waals surface area contributed by atoms with Gasteiger partial charge < -0.3 is 4.74 Å². The van der Waals surface area contributed by atoms with Crippen LogP contribution in [0.3, 0.4) is 0 Å². The highest BCUT2D eigenvalue weighted by molar-refractivity contribution is 8.13. The number of ether oxygens (including phenoxy) is 1. The Hall–Kier alpha value is -0.830. The third-order valence-electron chi connectivity index (χ3n) is 2.75. The summed E-state index contributed by atoms with van der Waals surface area (Å²) >= 11 is 0. The summed E-state index contributed by atoms with van der Waals surface area (Å²) in [5.74, 6) is 0.389. The van der Waals surface area contributed by atoms with Crippen molar-refractivity contribution in [2.24, 2.45) is 0 Å². The van der Waals surface area contributed by atoms with Gasteiger partial charge >= 0.3 is 0 Å². The summed E-state index contributed by atoms with van der Waals surface area (Å²) in [4.78, 5) is -0.0842. The molecule has 1 aromatic rings. The van der Waals surface area contributed by atoms with Crippen LogP contribution in [0.2, 0.25) is 0 Å². The first kappa shape index (κ1) is 14.6. The van der Waals surface area contributed by atoms with Crippen molar-refractivity contribution in [1.82, 2.24) is 4.72 Å². The van der Waals surface area contributed by atoms with Crippen LogP contribution in [0.25, 0.3) is 0 Å². The minimum atomic E-state index is -3.86. The van der Waals surface area contributed by atoms with Gasteiger partial charge in [0.25, 0.3) is 9.05 Å². The van der Waals surface area contributed by atoms with E-state index in [1.54, 1.807) is 0 Å². The summed E-state index contributed by atoms with van der Waals surface area (Å²) in [5.41, 5.74) is 0.471. The highest BCUT2D eigenvalue weighted by Gasteiger charge is 2.29. The first-order valence-corrected chi connectivity index (χ1v) is 9.40. The van der Waals surface area contributed by atoms with Gasteiger partial charge in [-0.25, -0.2) is 21.6 Å². The summed E-state index contributed by atoms with van der Waals surface area (Å²) in [6.45, 7) is 1.64. The van der Waals surface area contributed by atoms with Gasteiger partial charge in [-0.1, -0.05) is 0 Å². The van der Waals surface area contributed by atoms with Crippen LogP contribution in [0.15, 0.2) is 23.1 Å². The molecule has 0 radical (unpaired) electrons. The van der Waals surface area contributed by atoms with Crippen LogP contribution in [0.1, 0.15) is 18.5 Å². The number of hydrogen-bond donors (Lipinski definition) is 1. The van der Waals surface area contributed by atoms with Gasteiger partial charge in [0.1, 0.15) is 12.4 Å². The molecule has 6 nitrogen and oxygen atoms in total. The number of nitrogens with one attached hydrogen (secondary N) is 1. The van der Waals surface area contributed by atoms with Crippen LogP contribution in [-0.4, -0.2) is 29.2 Å². The molecule has 0 spiro atoms. The zero-order valence-corrected chi connectivity index (χ0v) is 12.3. The summed E-state index contributed by atoms with van der Waals surface area (Å²) < 4.78 is 53.4. The van der Waals surface area contributed by atoms with E-state index in [-0.39, 0.29) is 17.3 Å². The molecule has 0 aromatic heterocycles. The van der Waals surface area contributed by atoms with Crippen molar-refractivity contribution in [2.75, 3.05) is 12.4 Å². The van der Waals surface area contributed by atoms with Crippen molar-refractivity contribution in [3.05, 3.63) is 23.8 Å². The second-order valence-electron chi connectivity index (χ2n) is 4.02. The fourth-order valence-electron chi connectivity index (χ4n) is 1.74. The Bertz CT molecular complexity index is 699. The minimum Gasteiger partial charge on any atom is -0.491 e. The van der Waals surface area contributed by atoms with Crippen LogP contribution in [0.4, 0.5) is 0 Å². The van der Waals surface area contributed by atoms with Crippen molar-refractivity contribution in [3.8, 4) is 5.75 Å². The maximum absolute atomic E-state index is 11.5. The molecule has 0 saturated carbocycles. The number of hydrogen-bond acceptors (Lipinski definition) is 5. The normalized spacial score (nSPS) is 18.9. The van der Waals surface area contributed by atoms with Crippen LogP contribution >= 0.6 is 10.7 Å². The van der Waals surface area contributed by atoms with Crippen LogP contribution in [0, 0.1) is 0 Å². The first-order valence-electron chi connectivity index (χ1n) is 5.44. The predicted octanol–water partition coefficient (Wildman–Crippen LogP) is 0.987. The Kier molecular flexibility index (Phi) is 3.78. The fourth-order valence-corrected chi connectivity index (χ4v) is 3.32. The van der Waals surface area contributed by atoms with Gasteiger partial charge in [0.15, 0.2) is 0 Å². The van der Waals surface area contributed by atoms with E-state index < -0.39 is 25.1 Å². The van der Waals surface area contributed by atoms with Gasteiger partial charge in [0.2, 0.25) is 10.0 Å². The topological polar surface area (TPSA) is 89.5 Å². The zero-order valence-electron chi connectivity index (χ0n) is 9.96. The Balaban J connectivity index is 2.39.